The summed E-state index contributed by atoms with van der Waals surface area (Å²) in [6.45, 7) is 1.39. The maximum absolute atomic E-state index is 10.3. The largest absolute Gasteiger partial charge is 0.432 e. The molecule has 48 valence electrons. The third-order valence-electron chi connectivity index (χ3n) is 0.715. The number of aromatic nitrogens is 1. The highest BCUT2D eigenvalue weighted by Crippen LogP contribution is 1.99. The Morgan fingerprint density at radius 2 is 2.67 bits per heavy atom. The highest BCUT2D eigenvalue weighted by Gasteiger charge is 1.95. The van der Waals surface area contributed by atoms with E-state index in [-0.39, 0.29) is 11.9 Å². The van der Waals surface area contributed by atoms with Crippen molar-refractivity contribution in [2.45, 2.75) is 6.92 Å². The van der Waals surface area contributed by atoms with E-state index in [1.54, 1.807) is 0 Å². The molecular formula is C5H6N2O2. The second-order valence-corrected chi connectivity index (χ2v) is 1.52. The van der Waals surface area contributed by atoms with Crippen LogP contribution in [0.5, 0.6) is 0 Å². The number of oxazole rings is 1. The Labute approximate surface area is 51.9 Å². The van der Waals surface area contributed by atoms with Gasteiger partial charge in [0.2, 0.25) is 5.91 Å². The van der Waals surface area contributed by atoms with E-state index in [1.165, 1.54) is 19.4 Å². The molecule has 0 saturated carbocycles. The van der Waals surface area contributed by atoms with E-state index in [4.69, 9.17) is 4.42 Å². The molecule has 1 aromatic heterocycles. The van der Waals surface area contributed by atoms with E-state index < -0.39 is 0 Å². The normalized spacial score (nSPS) is 9.00. The third-order valence-corrected chi connectivity index (χ3v) is 0.715. The molecule has 0 aromatic carbocycles. The molecule has 0 unspecified atom stereocenters. The van der Waals surface area contributed by atoms with Crippen molar-refractivity contribution < 1.29 is 9.21 Å². The zero-order valence-electron chi connectivity index (χ0n) is 4.92. The highest BCUT2D eigenvalue weighted by atomic mass is 16.4. The van der Waals surface area contributed by atoms with Crippen molar-refractivity contribution in [3.63, 3.8) is 0 Å². The molecule has 1 heterocycles. The van der Waals surface area contributed by atoms with Crippen LogP contribution in [-0.2, 0) is 4.79 Å². The number of carbonyl (C=O) groups excluding carboxylic acids is 1. The molecule has 4 nitrogen and oxygen atoms in total. The topological polar surface area (TPSA) is 55.1 Å². The molecule has 4 heteroatoms. The number of rotatable bonds is 1. The van der Waals surface area contributed by atoms with Crippen molar-refractivity contribution in [3.8, 4) is 0 Å². The van der Waals surface area contributed by atoms with Gasteiger partial charge in [-0.1, -0.05) is 0 Å². The van der Waals surface area contributed by atoms with Crippen LogP contribution >= 0.6 is 0 Å². The molecule has 0 spiro atoms. The smallest absolute Gasteiger partial charge is 0.301 e. The molecule has 1 amide bonds. The lowest BCUT2D eigenvalue weighted by Crippen LogP contribution is -2.05. The Balaban J connectivity index is 2.58. The number of amides is 1. The first-order valence-corrected chi connectivity index (χ1v) is 2.46. The van der Waals surface area contributed by atoms with Crippen LogP contribution in [-0.4, -0.2) is 10.9 Å². The predicted octanol–water partition coefficient (Wildman–Crippen LogP) is 0.633. The van der Waals surface area contributed by atoms with Crippen LogP contribution in [0.25, 0.3) is 0 Å². The van der Waals surface area contributed by atoms with Gasteiger partial charge in [0.1, 0.15) is 6.26 Å². The van der Waals surface area contributed by atoms with E-state index in [0.717, 1.165) is 0 Å². The fraction of sp³-hybridized carbons (Fsp3) is 0.200. The van der Waals surface area contributed by atoms with Crippen LogP contribution in [0.3, 0.4) is 0 Å². The van der Waals surface area contributed by atoms with Gasteiger partial charge in [0, 0.05) is 6.92 Å². The van der Waals surface area contributed by atoms with E-state index in [9.17, 15) is 4.79 Å². The van der Waals surface area contributed by atoms with E-state index in [0.29, 0.717) is 0 Å². The Kier molecular flexibility index (Phi) is 1.48. The van der Waals surface area contributed by atoms with Crippen LogP contribution in [0.1, 0.15) is 6.92 Å². The minimum absolute atomic E-state index is 0.183. The van der Waals surface area contributed by atoms with Gasteiger partial charge in [0.15, 0.2) is 0 Å². The molecule has 9 heavy (non-hydrogen) atoms. The number of hydrogen-bond acceptors (Lipinski definition) is 3. The molecule has 0 atom stereocenters. The highest BCUT2D eigenvalue weighted by molar-refractivity contribution is 5.86. The van der Waals surface area contributed by atoms with Crippen molar-refractivity contribution >= 4 is 11.9 Å². The van der Waals surface area contributed by atoms with E-state index >= 15 is 0 Å². The third kappa shape index (κ3) is 1.56. The van der Waals surface area contributed by atoms with Gasteiger partial charge in [-0.25, -0.2) is 4.98 Å². The molecule has 0 aliphatic carbocycles. The van der Waals surface area contributed by atoms with Crippen LogP contribution in [0.2, 0.25) is 0 Å². The number of hydrogen-bond donors (Lipinski definition) is 1. The Morgan fingerprint density at radius 1 is 1.89 bits per heavy atom. The molecule has 0 aliphatic rings. The molecule has 0 aliphatic heterocycles. The first-order chi connectivity index (χ1) is 4.29. The summed E-state index contributed by atoms with van der Waals surface area (Å²) >= 11 is 0. The van der Waals surface area contributed by atoms with Crippen molar-refractivity contribution in [1.82, 2.24) is 4.98 Å². The standard InChI is InChI=1S/C5H6N2O2/c1-4(8)7-5-6-2-3-9-5/h2-3H,1H3,(H,6,7,8). The van der Waals surface area contributed by atoms with Crippen LogP contribution in [0.4, 0.5) is 6.01 Å². The minimum Gasteiger partial charge on any atom is -0.432 e. The van der Waals surface area contributed by atoms with Gasteiger partial charge in [-0.05, 0) is 0 Å². The number of nitrogens with one attached hydrogen (secondary N) is 1. The Bertz CT molecular complexity index is 193. The second-order valence-electron chi connectivity index (χ2n) is 1.52. The van der Waals surface area contributed by atoms with Gasteiger partial charge in [-0.3, -0.25) is 10.1 Å². The van der Waals surface area contributed by atoms with E-state index in [2.05, 4.69) is 10.3 Å². The Hall–Kier alpha value is -1.32. The lowest BCUT2D eigenvalue weighted by Gasteiger charge is -1.89. The fourth-order valence-electron chi connectivity index (χ4n) is 0.436. The Morgan fingerprint density at radius 3 is 3.11 bits per heavy atom. The monoisotopic (exact) mass is 126 g/mol. The molecule has 1 aromatic rings. The summed E-state index contributed by atoms with van der Waals surface area (Å²) < 4.78 is 4.70. The number of carbonyl (C=O) groups is 1. The molecule has 0 fully saturated rings. The summed E-state index contributed by atoms with van der Waals surface area (Å²) in [7, 11) is 0. The van der Waals surface area contributed by atoms with E-state index in [1.807, 2.05) is 0 Å². The van der Waals surface area contributed by atoms with Crippen LogP contribution in [0.15, 0.2) is 16.9 Å². The first kappa shape index (κ1) is 5.81. The molecular weight excluding hydrogens is 120 g/mol. The molecule has 1 rings (SSSR count). The lowest BCUT2D eigenvalue weighted by atomic mass is 10.7. The summed E-state index contributed by atoms with van der Waals surface area (Å²) in [4.78, 5) is 14.0. The van der Waals surface area contributed by atoms with Gasteiger partial charge >= 0.3 is 6.01 Å². The predicted molar refractivity (Wildman–Crippen MR) is 30.8 cm³/mol. The summed E-state index contributed by atoms with van der Waals surface area (Å²) in [6, 6.07) is 0.238. The number of nitrogens with zero attached hydrogens (tertiary/aromatic N) is 1. The maximum atomic E-state index is 10.3. The van der Waals surface area contributed by atoms with Crippen molar-refractivity contribution in [2.24, 2.45) is 0 Å². The quantitative estimate of drug-likeness (QED) is 0.600. The van der Waals surface area contributed by atoms with Crippen molar-refractivity contribution in [1.29, 1.82) is 0 Å². The second kappa shape index (κ2) is 2.30. The molecule has 0 saturated heterocycles. The molecule has 0 radical (unpaired) electrons. The van der Waals surface area contributed by atoms with Crippen molar-refractivity contribution in [2.75, 3.05) is 5.32 Å². The summed E-state index contributed by atoms with van der Waals surface area (Å²) in [6.07, 6.45) is 2.86. The van der Waals surface area contributed by atoms with Crippen LogP contribution < -0.4 is 5.32 Å². The molecule has 0 bridgehead atoms. The lowest BCUT2D eigenvalue weighted by molar-refractivity contribution is -0.114. The van der Waals surface area contributed by atoms with Crippen LogP contribution in [0, 0.1) is 0 Å². The van der Waals surface area contributed by atoms with Crippen molar-refractivity contribution in [3.05, 3.63) is 12.5 Å². The van der Waals surface area contributed by atoms with Gasteiger partial charge in [-0.2, -0.15) is 0 Å². The number of anilines is 1. The van der Waals surface area contributed by atoms with Gasteiger partial charge in [0.25, 0.3) is 0 Å². The minimum atomic E-state index is -0.183. The van der Waals surface area contributed by atoms with Gasteiger partial charge in [0.05, 0.1) is 6.20 Å². The summed E-state index contributed by atoms with van der Waals surface area (Å²) in [5, 5.41) is 2.37. The zero-order valence-corrected chi connectivity index (χ0v) is 4.92. The zero-order chi connectivity index (χ0) is 6.69. The summed E-state index contributed by atoms with van der Waals surface area (Å²) in [5.74, 6) is -0.183. The van der Waals surface area contributed by atoms with Gasteiger partial charge in [-0.15, -0.1) is 0 Å². The average molecular weight is 126 g/mol. The maximum Gasteiger partial charge on any atom is 0.301 e. The van der Waals surface area contributed by atoms with Gasteiger partial charge < -0.3 is 4.42 Å². The average Bonchev–Trinajstić information content (AvgIpc) is 2.15. The fourth-order valence-corrected chi connectivity index (χ4v) is 0.436. The SMILES string of the molecule is CC(=O)Nc1ncco1. The first-order valence-electron chi connectivity index (χ1n) is 2.46. The summed E-state index contributed by atoms with van der Waals surface area (Å²) in [5.41, 5.74) is 0. The molecule has 1 N–H and O–H groups in total.